The Labute approximate surface area is 124 Å². The first-order valence-corrected chi connectivity index (χ1v) is 7.91. The topological polar surface area (TPSA) is 45.6 Å². The predicted octanol–water partition coefficient (Wildman–Crippen LogP) is 2.46. The zero-order valence-corrected chi connectivity index (χ0v) is 13.4. The minimum absolute atomic E-state index is 0.185. The summed E-state index contributed by atoms with van der Waals surface area (Å²) in [5.41, 5.74) is 5.96. The van der Waals surface area contributed by atoms with Gasteiger partial charge in [0, 0.05) is 25.7 Å². The van der Waals surface area contributed by atoms with Crippen LogP contribution >= 0.6 is 15.9 Å². The quantitative estimate of drug-likeness (QED) is 0.870. The van der Waals surface area contributed by atoms with Crippen molar-refractivity contribution in [2.75, 3.05) is 32.7 Å². The van der Waals surface area contributed by atoms with Crippen molar-refractivity contribution in [3.8, 4) is 0 Å². The number of furan rings is 1. The van der Waals surface area contributed by atoms with Crippen LogP contribution in [0.2, 0.25) is 0 Å². The Balaban J connectivity index is 2.04. The molecule has 2 rings (SSSR count). The molecule has 2 N–H and O–H groups in total. The number of rotatable bonds is 6. The van der Waals surface area contributed by atoms with Crippen LogP contribution in [-0.4, -0.2) is 48.6 Å². The van der Waals surface area contributed by atoms with Gasteiger partial charge in [-0.1, -0.05) is 13.8 Å². The van der Waals surface area contributed by atoms with Gasteiger partial charge < -0.3 is 10.2 Å². The molecule has 4 nitrogen and oxygen atoms in total. The largest absolute Gasteiger partial charge is 0.466 e. The Bertz CT molecular complexity index is 392. The minimum Gasteiger partial charge on any atom is -0.466 e. The Hall–Kier alpha value is -0.360. The molecule has 2 atom stereocenters. The average Bonchev–Trinajstić information content (AvgIpc) is 3.03. The van der Waals surface area contributed by atoms with E-state index in [-0.39, 0.29) is 6.04 Å². The molecule has 1 fully saturated rings. The van der Waals surface area contributed by atoms with E-state index >= 15 is 0 Å². The predicted molar refractivity (Wildman–Crippen MR) is 81.1 cm³/mol. The Morgan fingerprint density at radius 1 is 1.53 bits per heavy atom. The molecule has 1 aromatic rings. The molecule has 0 aromatic carbocycles. The summed E-state index contributed by atoms with van der Waals surface area (Å²) in [6.07, 6.45) is 2.94. The monoisotopic (exact) mass is 329 g/mol. The molecule has 108 valence electrons. The van der Waals surface area contributed by atoms with Crippen LogP contribution in [0.3, 0.4) is 0 Å². The second-order valence-corrected chi connectivity index (χ2v) is 5.90. The lowest BCUT2D eigenvalue weighted by Crippen LogP contribution is -2.39. The summed E-state index contributed by atoms with van der Waals surface area (Å²) in [6.45, 7) is 9.47. The van der Waals surface area contributed by atoms with Gasteiger partial charge in [-0.2, -0.15) is 0 Å². The lowest BCUT2D eigenvalue weighted by molar-refractivity contribution is 0.177. The number of likely N-dealkylation sites (N-methyl/N-ethyl adjacent to an activating group) is 1. The molecule has 0 aliphatic carbocycles. The van der Waals surface area contributed by atoms with Gasteiger partial charge in [-0.25, -0.2) is 0 Å². The van der Waals surface area contributed by atoms with Crippen molar-refractivity contribution in [3.05, 3.63) is 22.6 Å². The first-order chi connectivity index (χ1) is 9.21. The average molecular weight is 330 g/mol. The zero-order chi connectivity index (χ0) is 13.8. The number of likely N-dealkylation sites (tertiary alicyclic amines) is 1. The van der Waals surface area contributed by atoms with E-state index in [0.29, 0.717) is 12.6 Å². The van der Waals surface area contributed by atoms with Crippen LogP contribution in [0.25, 0.3) is 0 Å². The molecule has 0 spiro atoms. The van der Waals surface area contributed by atoms with Crippen LogP contribution in [0.4, 0.5) is 0 Å². The van der Waals surface area contributed by atoms with Crippen LogP contribution < -0.4 is 5.73 Å². The van der Waals surface area contributed by atoms with Gasteiger partial charge in [0.2, 0.25) is 0 Å². The van der Waals surface area contributed by atoms with E-state index in [2.05, 4.69) is 39.6 Å². The normalized spacial score (nSPS) is 22.3. The lowest BCUT2D eigenvalue weighted by atomic mass is 10.2. The van der Waals surface area contributed by atoms with Crippen LogP contribution in [0.15, 0.2) is 21.2 Å². The number of nitrogens with two attached hydrogens (primary N) is 1. The van der Waals surface area contributed by atoms with Crippen LogP contribution in [0.5, 0.6) is 0 Å². The number of hydrogen-bond acceptors (Lipinski definition) is 4. The van der Waals surface area contributed by atoms with E-state index in [1.165, 1.54) is 6.42 Å². The second kappa shape index (κ2) is 6.88. The first kappa shape index (κ1) is 15.0. The third kappa shape index (κ3) is 3.21. The molecule has 19 heavy (non-hydrogen) atoms. The number of hydrogen-bond donors (Lipinski definition) is 1. The van der Waals surface area contributed by atoms with Crippen molar-refractivity contribution < 1.29 is 4.42 Å². The molecule has 0 bridgehead atoms. The van der Waals surface area contributed by atoms with Crippen LogP contribution in [0, 0.1) is 0 Å². The maximum atomic E-state index is 5.96. The van der Waals surface area contributed by atoms with Gasteiger partial charge in [0.15, 0.2) is 0 Å². The third-order valence-corrected chi connectivity index (χ3v) is 4.79. The summed E-state index contributed by atoms with van der Waals surface area (Å²) in [7, 11) is 0. The molecule has 2 heterocycles. The molecule has 0 saturated carbocycles. The molecule has 1 aliphatic rings. The van der Waals surface area contributed by atoms with E-state index in [9.17, 15) is 0 Å². The van der Waals surface area contributed by atoms with Gasteiger partial charge in [-0.15, -0.1) is 0 Å². The maximum Gasteiger partial charge on any atom is 0.136 e. The summed E-state index contributed by atoms with van der Waals surface area (Å²) in [6, 6.07) is 2.78. The van der Waals surface area contributed by atoms with Crippen molar-refractivity contribution >= 4 is 15.9 Å². The van der Waals surface area contributed by atoms with Gasteiger partial charge in [0.1, 0.15) is 5.76 Å². The van der Waals surface area contributed by atoms with Gasteiger partial charge in [-0.05, 0) is 41.5 Å². The van der Waals surface area contributed by atoms with Crippen molar-refractivity contribution in [1.82, 2.24) is 9.80 Å². The van der Waals surface area contributed by atoms with E-state index in [4.69, 9.17) is 10.2 Å². The Morgan fingerprint density at radius 2 is 2.26 bits per heavy atom. The smallest absolute Gasteiger partial charge is 0.136 e. The van der Waals surface area contributed by atoms with Crippen molar-refractivity contribution in [3.63, 3.8) is 0 Å². The van der Waals surface area contributed by atoms with Crippen molar-refractivity contribution in [2.24, 2.45) is 5.73 Å². The number of halogens is 1. The molecule has 1 saturated heterocycles. The highest BCUT2D eigenvalue weighted by molar-refractivity contribution is 9.10. The van der Waals surface area contributed by atoms with E-state index in [0.717, 1.165) is 36.4 Å². The van der Waals surface area contributed by atoms with Gasteiger partial charge in [0.25, 0.3) is 0 Å². The molecule has 0 radical (unpaired) electrons. The van der Waals surface area contributed by atoms with E-state index in [1.54, 1.807) is 6.26 Å². The summed E-state index contributed by atoms with van der Waals surface area (Å²) in [5.74, 6) is 0.961. The highest BCUT2D eigenvalue weighted by atomic mass is 79.9. The second-order valence-electron chi connectivity index (χ2n) is 5.04. The fraction of sp³-hybridized carbons (Fsp3) is 0.714. The SMILES string of the molecule is CCN(CC)C1CCN(C(CN)c2occc2Br)C1. The van der Waals surface area contributed by atoms with E-state index in [1.807, 2.05) is 6.07 Å². The first-order valence-electron chi connectivity index (χ1n) is 7.12. The summed E-state index contributed by atoms with van der Waals surface area (Å²) >= 11 is 3.54. The molecule has 1 aromatic heterocycles. The standard InChI is InChI=1S/C14H24BrN3O/c1-3-17(4-2)11-5-7-18(10-11)13(9-16)14-12(15)6-8-19-14/h6,8,11,13H,3-5,7,9-10,16H2,1-2H3. The van der Waals surface area contributed by atoms with Gasteiger partial charge in [-0.3, -0.25) is 9.80 Å². The van der Waals surface area contributed by atoms with Crippen LogP contribution in [-0.2, 0) is 0 Å². The third-order valence-electron chi connectivity index (χ3n) is 4.14. The molecule has 5 heteroatoms. The summed E-state index contributed by atoms with van der Waals surface area (Å²) in [4.78, 5) is 4.98. The number of nitrogens with zero attached hydrogens (tertiary/aromatic N) is 2. The van der Waals surface area contributed by atoms with Crippen molar-refractivity contribution in [1.29, 1.82) is 0 Å². The Morgan fingerprint density at radius 3 is 2.79 bits per heavy atom. The van der Waals surface area contributed by atoms with Gasteiger partial charge in [0.05, 0.1) is 16.8 Å². The van der Waals surface area contributed by atoms with Gasteiger partial charge >= 0.3 is 0 Å². The molecule has 2 unspecified atom stereocenters. The Kier molecular flexibility index (Phi) is 5.45. The molecular formula is C14H24BrN3O. The van der Waals surface area contributed by atoms with Crippen molar-refractivity contribution in [2.45, 2.75) is 32.4 Å². The summed E-state index contributed by atoms with van der Waals surface area (Å²) < 4.78 is 6.62. The maximum absolute atomic E-state index is 5.96. The lowest BCUT2D eigenvalue weighted by Gasteiger charge is -2.29. The fourth-order valence-electron chi connectivity index (χ4n) is 3.05. The molecule has 1 aliphatic heterocycles. The van der Waals surface area contributed by atoms with E-state index < -0.39 is 0 Å². The zero-order valence-electron chi connectivity index (χ0n) is 11.8. The van der Waals surface area contributed by atoms with Crippen LogP contribution in [0.1, 0.15) is 32.1 Å². The minimum atomic E-state index is 0.185. The summed E-state index contributed by atoms with van der Waals surface area (Å²) in [5, 5.41) is 0. The molecular weight excluding hydrogens is 306 g/mol. The highest BCUT2D eigenvalue weighted by Gasteiger charge is 2.32. The fourth-order valence-corrected chi connectivity index (χ4v) is 3.52. The highest BCUT2D eigenvalue weighted by Crippen LogP contribution is 2.31. The molecule has 0 amide bonds.